The van der Waals surface area contributed by atoms with Gasteiger partial charge in [-0.15, -0.1) is 0 Å². The van der Waals surface area contributed by atoms with Crippen molar-refractivity contribution in [2.75, 3.05) is 26.7 Å². The van der Waals surface area contributed by atoms with Crippen LogP contribution in [0.1, 0.15) is 46.0 Å². The van der Waals surface area contributed by atoms with Gasteiger partial charge in [-0.3, -0.25) is 0 Å². The van der Waals surface area contributed by atoms with E-state index in [-0.39, 0.29) is 0 Å². The molecule has 0 aromatic heterocycles. The van der Waals surface area contributed by atoms with Gasteiger partial charge in [0, 0.05) is 12.6 Å². The molecular formula is C15H30N2. The van der Waals surface area contributed by atoms with Gasteiger partial charge < -0.3 is 10.2 Å². The van der Waals surface area contributed by atoms with Crippen molar-refractivity contribution in [2.24, 2.45) is 17.8 Å². The Morgan fingerprint density at radius 3 is 2.47 bits per heavy atom. The molecule has 1 saturated carbocycles. The van der Waals surface area contributed by atoms with Crippen LogP contribution >= 0.6 is 0 Å². The van der Waals surface area contributed by atoms with Crippen molar-refractivity contribution in [3.05, 3.63) is 0 Å². The third kappa shape index (κ3) is 4.59. The van der Waals surface area contributed by atoms with Crippen LogP contribution < -0.4 is 5.32 Å². The van der Waals surface area contributed by atoms with E-state index in [4.69, 9.17) is 0 Å². The van der Waals surface area contributed by atoms with Crippen molar-refractivity contribution in [1.82, 2.24) is 10.2 Å². The zero-order valence-corrected chi connectivity index (χ0v) is 11.9. The molecule has 2 heteroatoms. The fraction of sp³-hybridized carbons (Fsp3) is 1.00. The molecule has 1 aliphatic heterocycles. The summed E-state index contributed by atoms with van der Waals surface area (Å²) in [6.45, 7) is 8.54. The van der Waals surface area contributed by atoms with Crippen LogP contribution in [0.2, 0.25) is 0 Å². The van der Waals surface area contributed by atoms with Gasteiger partial charge >= 0.3 is 0 Å². The number of hydrogen-bond acceptors (Lipinski definition) is 2. The molecule has 0 aromatic rings. The zero-order valence-electron chi connectivity index (χ0n) is 11.9. The topological polar surface area (TPSA) is 15.3 Å². The van der Waals surface area contributed by atoms with E-state index < -0.39 is 0 Å². The van der Waals surface area contributed by atoms with Crippen LogP contribution in [0.5, 0.6) is 0 Å². The highest BCUT2D eigenvalue weighted by molar-refractivity contribution is 4.87. The van der Waals surface area contributed by atoms with Crippen molar-refractivity contribution in [1.29, 1.82) is 0 Å². The number of rotatable bonds is 7. The third-order valence-corrected chi connectivity index (χ3v) is 4.40. The molecule has 0 aromatic carbocycles. The number of nitrogens with zero attached hydrogens (tertiary/aromatic N) is 1. The average Bonchev–Trinajstić information content (AvgIpc) is 3.02. The van der Waals surface area contributed by atoms with Gasteiger partial charge in [-0.25, -0.2) is 0 Å². The molecule has 1 saturated heterocycles. The van der Waals surface area contributed by atoms with Gasteiger partial charge in [-0.1, -0.05) is 13.8 Å². The van der Waals surface area contributed by atoms with E-state index in [1.165, 1.54) is 51.7 Å². The molecule has 0 spiro atoms. The van der Waals surface area contributed by atoms with Crippen LogP contribution in [0, 0.1) is 17.8 Å². The van der Waals surface area contributed by atoms with Crippen LogP contribution in [0.25, 0.3) is 0 Å². The minimum atomic E-state index is 0.823. The highest BCUT2D eigenvalue weighted by atomic mass is 15.1. The summed E-state index contributed by atoms with van der Waals surface area (Å²) in [4.78, 5) is 2.46. The van der Waals surface area contributed by atoms with E-state index in [0.717, 1.165) is 23.8 Å². The Morgan fingerprint density at radius 1 is 1.18 bits per heavy atom. The van der Waals surface area contributed by atoms with E-state index in [1.807, 2.05) is 0 Å². The summed E-state index contributed by atoms with van der Waals surface area (Å²) in [5.41, 5.74) is 0. The van der Waals surface area contributed by atoms with Gasteiger partial charge in [0.25, 0.3) is 0 Å². The van der Waals surface area contributed by atoms with E-state index in [9.17, 15) is 0 Å². The van der Waals surface area contributed by atoms with Gasteiger partial charge in [-0.2, -0.15) is 0 Å². The maximum atomic E-state index is 3.87. The lowest BCUT2D eigenvalue weighted by molar-refractivity contribution is 0.349. The summed E-state index contributed by atoms with van der Waals surface area (Å²) >= 11 is 0. The molecule has 2 aliphatic rings. The highest BCUT2D eigenvalue weighted by Gasteiger charge is 2.31. The van der Waals surface area contributed by atoms with Gasteiger partial charge in [-0.05, 0) is 70.0 Å². The van der Waals surface area contributed by atoms with Crippen LogP contribution in [0.15, 0.2) is 0 Å². The molecule has 0 amide bonds. The standard InChI is InChI=1S/C15H30N2/c1-12(2)4-7-15(14-5-6-14)16-10-13-8-9-17(3)11-13/h12-16H,4-11H2,1-3H3. The van der Waals surface area contributed by atoms with Crippen molar-refractivity contribution in [3.63, 3.8) is 0 Å². The molecular weight excluding hydrogens is 208 g/mol. The summed E-state index contributed by atoms with van der Waals surface area (Å²) in [5.74, 6) is 2.77. The minimum Gasteiger partial charge on any atom is -0.313 e. The van der Waals surface area contributed by atoms with Gasteiger partial charge in [0.15, 0.2) is 0 Å². The molecule has 0 radical (unpaired) electrons. The predicted octanol–water partition coefficient (Wildman–Crippen LogP) is 2.74. The van der Waals surface area contributed by atoms with Gasteiger partial charge in [0.1, 0.15) is 0 Å². The fourth-order valence-corrected chi connectivity index (χ4v) is 3.03. The molecule has 2 fully saturated rings. The Bertz CT molecular complexity index is 223. The highest BCUT2D eigenvalue weighted by Crippen LogP contribution is 2.35. The Morgan fingerprint density at radius 2 is 1.94 bits per heavy atom. The van der Waals surface area contributed by atoms with Crippen molar-refractivity contribution >= 4 is 0 Å². The summed E-state index contributed by atoms with van der Waals surface area (Å²) in [6, 6.07) is 0.823. The molecule has 1 aliphatic carbocycles. The second-order valence-electron chi connectivity index (χ2n) is 6.74. The second kappa shape index (κ2) is 6.19. The Kier molecular flexibility index (Phi) is 4.87. The first kappa shape index (κ1) is 13.4. The quantitative estimate of drug-likeness (QED) is 0.733. The third-order valence-electron chi connectivity index (χ3n) is 4.40. The molecule has 2 rings (SSSR count). The van der Waals surface area contributed by atoms with E-state index >= 15 is 0 Å². The molecule has 17 heavy (non-hydrogen) atoms. The van der Waals surface area contributed by atoms with Crippen molar-refractivity contribution in [2.45, 2.75) is 52.0 Å². The lowest BCUT2D eigenvalue weighted by Crippen LogP contribution is -2.36. The smallest absolute Gasteiger partial charge is 0.00955 e. The Balaban J connectivity index is 1.66. The number of hydrogen-bond donors (Lipinski definition) is 1. The molecule has 100 valence electrons. The normalized spacial score (nSPS) is 27.9. The van der Waals surface area contributed by atoms with Crippen molar-refractivity contribution < 1.29 is 0 Å². The van der Waals surface area contributed by atoms with E-state index in [2.05, 4.69) is 31.1 Å². The fourth-order valence-electron chi connectivity index (χ4n) is 3.03. The summed E-state index contributed by atoms with van der Waals surface area (Å²) in [7, 11) is 2.25. The summed E-state index contributed by atoms with van der Waals surface area (Å²) in [6.07, 6.45) is 7.12. The predicted molar refractivity (Wildman–Crippen MR) is 74.2 cm³/mol. The molecule has 2 atom stereocenters. The van der Waals surface area contributed by atoms with Gasteiger partial charge in [0.05, 0.1) is 0 Å². The monoisotopic (exact) mass is 238 g/mol. The van der Waals surface area contributed by atoms with E-state index in [0.29, 0.717) is 0 Å². The molecule has 1 heterocycles. The first-order valence-electron chi connectivity index (χ1n) is 7.57. The first-order chi connectivity index (χ1) is 8.15. The lowest BCUT2D eigenvalue weighted by atomic mass is 9.99. The molecule has 0 bridgehead atoms. The van der Waals surface area contributed by atoms with Crippen LogP contribution in [-0.2, 0) is 0 Å². The lowest BCUT2D eigenvalue weighted by Gasteiger charge is -2.21. The summed E-state index contributed by atoms with van der Waals surface area (Å²) < 4.78 is 0. The zero-order chi connectivity index (χ0) is 12.3. The average molecular weight is 238 g/mol. The largest absolute Gasteiger partial charge is 0.313 e. The summed E-state index contributed by atoms with van der Waals surface area (Å²) in [5, 5.41) is 3.87. The SMILES string of the molecule is CC(C)CCC(NCC1CCN(C)C1)C1CC1. The van der Waals surface area contributed by atoms with Crippen LogP contribution in [0.4, 0.5) is 0 Å². The van der Waals surface area contributed by atoms with Crippen LogP contribution in [-0.4, -0.2) is 37.6 Å². The molecule has 2 unspecified atom stereocenters. The van der Waals surface area contributed by atoms with Crippen molar-refractivity contribution in [3.8, 4) is 0 Å². The maximum Gasteiger partial charge on any atom is 0.00955 e. The Hall–Kier alpha value is -0.0800. The molecule has 1 N–H and O–H groups in total. The minimum absolute atomic E-state index is 0.823. The van der Waals surface area contributed by atoms with Gasteiger partial charge in [0.2, 0.25) is 0 Å². The second-order valence-corrected chi connectivity index (χ2v) is 6.74. The molecule has 2 nitrogen and oxygen atoms in total. The van der Waals surface area contributed by atoms with E-state index in [1.54, 1.807) is 0 Å². The number of likely N-dealkylation sites (tertiary alicyclic amines) is 1. The number of nitrogens with one attached hydrogen (secondary N) is 1. The van der Waals surface area contributed by atoms with Crippen LogP contribution in [0.3, 0.4) is 0 Å². The Labute approximate surface area is 107 Å². The maximum absolute atomic E-state index is 3.87. The first-order valence-corrected chi connectivity index (χ1v) is 7.57.